The molecule has 1 aliphatic carbocycles. The van der Waals surface area contributed by atoms with Gasteiger partial charge >= 0.3 is 6.09 Å². The van der Waals surface area contributed by atoms with Gasteiger partial charge in [0, 0.05) is 47.8 Å². The summed E-state index contributed by atoms with van der Waals surface area (Å²) in [6.07, 6.45) is 5.06. The molecule has 9 nitrogen and oxygen atoms in total. The van der Waals surface area contributed by atoms with Crippen molar-refractivity contribution in [3.63, 3.8) is 0 Å². The smallest absolute Gasteiger partial charge is 0.416 e. The van der Waals surface area contributed by atoms with E-state index in [0.29, 0.717) is 22.9 Å². The quantitative estimate of drug-likeness (QED) is 0.489. The molecule has 1 aromatic carbocycles. The van der Waals surface area contributed by atoms with Crippen LogP contribution >= 0.6 is 12.1 Å². The van der Waals surface area contributed by atoms with Crippen molar-refractivity contribution in [2.24, 2.45) is 0 Å². The lowest BCUT2D eigenvalue weighted by Gasteiger charge is -2.52. The second-order valence-electron chi connectivity index (χ2n) is 7.70. The molecule has 2 N–H and O–H groups in total. The van der Waals surface area contributed by atoms with E-state index >= 15 is 4.39 Å². The van der Waals surface area contributed by atoms with Crippen LogP contribution in [0.5, 0.6) is 17.4 Å². The summed E-state index contributed by atoms with van der Waals surface area (Å²) in [6, 6.07) is 10.4. The normalized spacial score (nSPS) is 16.1. The third-order valence-electron chi connectivity index (χ3n) is 5.89. The fraction of sp³-hybridized carbons (Fsp3) is 0.273. The van der Waals surface area contributed by atoms with E-state index in [-0.39, 0.29) is 12.4 Å². The lowest BCUT2D eigenvalue weighted by Crippen LogP contribution is -2.57. The Balaban J connectivity index is 1.44. The maximum atomic E-state index is 15.0. The van der Waals surface area contributed by atoms with Gasteiger partial charge in [-0.1, -0.05) is 0 Å². The van der Waals surface area contributed by atoms with E-state index in [1.807, 2.05) is 12.1 Å². The molecular formula is C22H21FN6O3S. The number of benzene rings is 1. The molecule has 2 aliphatic rings. The van der Waals surface area contributed by atoms with Gasteiger partial charge in [0.25, 0.3) is 0 Å². The maximum absolute atomic E-state index is 15.0. The molecule has 0 unspecified atom stereocenters. The largest absolute Gasteiger partial charge is 0.437 e. The minimum Gasteiger partial charge on any atom is -0.437 e. The van der Waals surface area contributed by atoms with Crippen molar-refractivity contribution in [3.05, 3.63) is 65.7 Å². The minimum absolute atomic E-state index is 0.0728. The van der Waals surface area contributed by atoms with Crippen molar-refractivity contribution in [2.75, 3.05) is 11.8 Å². The lowest BCUT2D eigenvalue weighted by atomic mass is 9.69. The Morgan fingerprint density at radius 1 is 1.27 bits per heavy atom. The first-order chi connectivity index (χ1) is 16.1. The molecule has 170 valence electrons. The van der Waals surface area contributed by atoms with Crippen LogP contribution in [0.3, 0.4) is 0 Å². The molecule has 3 heterocycles. The van der Waals surface area contributed by atoms with Crippen molar-refractivity contribution in [1.29, 1.82) is 0 Å². The van der Waals surface area contributed by atoms with Crippen molar-refractivity contribution in [3.8, 4) is 17.4 Å². The predicted molar refractivity (Wildman–Crippen MR) is 120 cm³/mol. The van der Waals surface area contributed by atoms with E-state index in [0.717, 1.165) is 37.0 Å². The summed E-state index contributed by atoms with van der Waals surface area (Å²) >= 11 is 1.11. The third kappa shape index (κ3) is 3.93. The van der Waals surface area contributed by atoms with Gasteiger partial charge in [-0.05, 0) is 50.6 Å². The highest BCUT2D eigenvalue weighted by Gasteiger charge is 2.51. The number of amides is 1. The number of ether oxygens (including phenoxy) is 2. The fourth-order valence-corrected chi connectivity index (χ4v) is 4.52. The summed E-state index contributed by atoms with van der Waals surface area (Å²) in [5.41, 5.74) is 0.704. The number of rotatable bonds is 7. The Morgan fingerprint density at radius 2 is 2.15 bits per heavy atom. The van der Waals surface area contributed by atoms with Gasteiger partial charge in [0.15, 0.2) is 11.6 Å². The van der Waals surface area contributed by atoms with Crippen molar-refractivity contribution in [1.82, 2.24) is 24.8 Å². The van der Waals surface area contributed by atoms with Crippen molar-refractivity contribution < 1.29 is 18.7 Å². The molecule has 2 aromatic heterocycles. The third-order valence-corrected chi connectivity index (χ3v) is 6.39. The zero-order valence-corrected chi connectivity index (χ0v) is 18.6. The molecule has 33 heavy (non-hydrogen) atoms. The molecule has 1 aliphatic heterocycles. The van der Waals surface area contributed by atoms with Crippen LogP contribution in [-0.2, 0) is 12.1 Å². The first-order valence-corrected chi connectivity index (χ1v) is 11.2. The van der Waals surface area contributed by atoms with Crippen LogP contribution in [0.4, 0.5) is 15.0 Å². The summed E-state index contributed by atoms with van der Waals surface area (Å²) in [4.78, 5) is 18.7. The average molecular weight is 469 g/mol. The van der Waals surface area contributed by atoms with Gasteiger partial charge in [-0.3, -0.25) is 9.62 Å². The zero-order valence-electron chi connectivity index (χ0n) is 17.7. The molecule has 0 saturated heterocycles. The van der Waals surface area contributed by atoms with Crippen LogP contribution in [0.1, 0.15) is 30.4 Å². The maximum Gasteiger partial charge on any atom is 0.416 e. The molecule has 5 rings (SSSR count). The van der Waals surface area contributed by atoms with Gasteiger partial charge in [-0.15, -0.1) is 5.10 Å². The number of halogens is 1. The van der Waals surface area contributed by atoms with E-state index in [9.17, 15) is 4.79 Å². The van der Waals surface area contributed by atoms with Crippen LogP contribution < -0.4 is 18.9 Å². The monoisotopic (exact) mass is 468 g/mol. The van der Waals surface area contributed by atoms with Gasteiger partial charge in [0.05, 0.1) is 12.1 Å². The number of anilines is 1. The molecule has 1 saturated carbocycles. The summed E-state index contributed by atoms with van der Waals surface area (Å²) in [6.45, 7) is 0.0728. The SMILES string of the molecule is CNSNc1nccc(CN2C(=O)Oc3cc(Oc4cccnn4)ccc3C23CCC3)c1F. The second-order valence-corrected chi connectivity index (χ2v) is 8.52. The van der Waals surface area contributed by atoms with Crippen LogP contribution in [-0.4, -0.2) is 33.2 Å². The van der Waals surface area contributed by atoms with Gasteiger partial charge in [0.1, 0.15) is 11.5 Å². The van der Waals surface area contributed by atoms with E-state index in [2.05, 4.69) is 24.6 Å². The van der Waals surface area contributed by atoms with Crippen LogP contribution in [0, 0.1) is 5.82 Å². The van der Waals surface area contributed by atoms with Gasteiger partial charge < -0.3 is 9.47 Å². The molecule has 0 radical (unpaired) electrons. The summed E-state index contributed by atoms with van der Waals surface area (Å²) in [5, 5.41) is 7.70. The predicted octanol–water partition coefficient (Wildman–Crippen LogP) is 4.39. The highest BCUT2D eigenvalue weighted by atomic mass is 32.2. The number of carbonyl (C=O) groups excluding carboxylic acids is 1. The minimum atomic E-state index is -0.543. The zero-order chi connectivity index (χ0) is 22.8. The van der Waals surface area contributed by atoms with E-state index < -0.39 is 17.4 Å². The highest BCUT2D eigenvalue weighted by molar-refractivity contribution is 7.98. The van der Waals surface area contributed by atoms with Gasteiger partial charge in [-0.25, -0.2) is 18.9 Å². The van der Waals surface area contributed by atoms with Crippen molar-refractivity contribution >= 4 is 24.0 Å². The highest BCUT2D eigenvalue weighted by Crippen LogP contribution is 2.53. The van der Waals surface area contributed by atoms with E-state index in [4.69, 9.17) is 9.47 Å². The fourth-order valence-electron chi connectivity index (χ4n) is 4.18. The van der Waals surface area contributed by atoms with Crippen LogP contribution in [0.25, 0.3) is 0 Å². The number of fused-ring (bicyclic) bond motifs is 2. The number of aromatic nitrogens is 3. The number of nitrogens with zero attached hydrogens (tertiary/aromatic N) is 4. The summed E-state index contributed by atoms with van der Waals surface area (Å²) < 4.78 is 32.0. The Kier molecular flexibility index (Phi) is 5.73. The summed E-state index contributed by atoms with van der Waals surface area (Å²) in [7, 11) is 1.71. The molecule has 1 spiro atoms. The molecule has 1 amide bonds. The number of carbonyl (C=O) groups is 1. The lowest BCUT2D eigenvalue weighted by molar-refractivity contribution is 0.00112. The number of pyridine rings is 1. The number of nitrogens with one attached hydrogen (secondary N) is 2. The molecule has 0 atom stereocenters. The van der Waals surface area contributed by atoms with Crippen LogP contribution in [0.15, 0.2) is 48.8 Å². The second kappa shape index (κ2) is 8.83. The van der Waals surface area contributed by atoms with Gasteiger partial charge in [-0.2, -0.15) is 5.10 Å². The number of hydrogen-bond acceptors (Lipinski definition) is 9. The first-order valence-electron chi connectivity index (χ1n) is 10.4. The molecular weight excluding hydrogens is 447 g/mol. The number of hydrogen-bond donors (Lipinski definition) is 2. The Labute approximate surface area is 194 Å². The topological polar surface area (TPSA) is 102 Å². The summed E-state index contributed by atoms with van der Waals surface area (Å²) in [5.74, 6) is 0.879. The standard InChI is InChI=1S/C22H21FN6O3S/c1-24-33-28-20-19(23)14(7-11-25-20)13-29-21(30)32-17-12-15(31-18-4-2-10-26-27-18)5-6-16(17)22(29)8-3-9-22/h2,4-7,10-12,24H,3,8-9,13H2,1H3,(H,25,28). The molecule has 1 fully saturated rings. The van der Waals surface area contributed by atoms with Gasteiger partial charge in [0.2, 0.25) is 5.88 Å². The molecule has 0 bridgehead atoms. The molecule has 3 aromatic rings. The molecule has 11 heteroatoms. The Hall–Kier alpha value is -3.44. The average Bonchev–Trinajstić information content (AvgIpc) is 2.79. The van der Waals surface area contributed by atoms with E-state index in [1.165, 1.54) is 6.20 Å². The van der Waals surface area contributed by atoms with Crippen LogP contribution in [0.2, 0.25) is 0 Å². The van der Waals surface area contributed by atoms with E-state index in [1.54, 1.807) is 42.4 Å². The Morgan fingerprint density at radius 3 is 2.88 bits per heavy atom. The first kappa shape index (κ1) is 21.4. The van der Waals surface area contributed by atoms with Crippen molar-refractivity contribution in [2.45, 2.75) is 31.3 Å². The Bertz CT molecular complexity index is 1180.